The molecule has 17 heavy (non-hydrogen) atoms. The van der Waals surface area contributed by atoms with E-state index in [0.29, 0.717) is 0 Å². The number of rotatable bonds is 7. The van der Waals surface area contributed by atoms with Crippen LogP contribution in [-0.4, -0.2) is 19.3 Å². The predicted octanol–water partition coefficient (Wildman–Crippen LogP) is 5.16. The number of unbranched alkanes of at least 4 members (excludes halogenated alkanes) is 3. The fourth-order valence-electron chi connectivity index (χ4n) is 2.67. The fraction of sp³-hybridized carbons (Fsp3) is 0.867. The lowest BCUT2D eigenvalue weighted by molar-refractivity contribution is 0.446. The summed E-state index contributed by atoms with van der Waals surface area (Å²) in [6.45, 7) is 11.1. The Labute approximate surface area is 109 Å². The van der Waals surface area contributed by atoms with E-state index in [4.69, 9.17) is 0 Å². The molecule has 0 atom stereocenters. The number of nitrogens with zero attached hydrogens (tertiary/aromatic N) is 1. The second-order valence-electron chi connectivity index (χ2n) is 6.32. The first kappa shape index (κ1) is 14.8. The second kappa shape index (κ2) is 7.25. The Kier molecular flexibility index (Phi) is 6.32. The van der Waals surface area contributed by atoms with Gasteiger partial charge in [-0.1, -0.05) is 51.9 Å². The van der Waals surface area contributed by atoms with Crippen molar-refractivity contribution in [2.45, 2.75) is 77.9 Å². The van der Waals surface area contributed by atoms with Crippen molar-refractivity contribution in [2.24, 2.45) is 0 Å². The van der Waals surface area contributed by atoms with Gasteiger partial charge in [-0.2, -0.15) is 0 Å². The van der Waals surface area contributed by atoms with Crippen LogP contribution in [0.5, 0.6) is 0 Å². The van der Waals surface area contributed by atoms with Gasteiger partial charge >= 0.3 is 0 Å². The zero-order chi connectivity index (χ0) is 12.7. The molecule has 0 spiro atoms. The molecule has 0 aromatic rings. The predicted molar refractivity (Wildman–Crippen MR) is 80.7 cm³/mol. The second-order valence-corrected chi connectivity index (χ2v) is 11.2. The molecule has 0 unspecified atom stereocenters. The lowest BCUT2D eigenvalue weighted by Crippen LogP contribution is -2.46. The van der Waals surface area contributed by atoms with E-state index in [1.807, 2.05) is 0 Å². The molecule has 0 saturated carbocycles. The van der Waals surface area contributed by atoms with Gasteiger partial charge in [0.25, 0.3) is 0 Å². The highest BCUT2D eigenvalue weighted by Crippen LogP contribution is 2.26. The van der Waals surface area contributed by atoms with E-state index in [0.717, 1.165) is 0 Å². The number of hydrogen-bond donors (Lipinski definition) is 0. The van der Waals surface area contributed by atoms with Gasteiger partial charge in [0.1, 0.15) is 8.24 Å². The van der Waals surface area contributed by atoms with Gasteiger partial charge in [-0.05, 0) is 32.1 Å². The molecule has 1 nitrogen and oxygen atoms in total. The molecular formula is C15H31NSi. The maximum Gasteiger partial charge on any atom is 0.147 e. The summed E-state index contributed by atoms with van der Waals surface area (Å²) in [4.78, 5) is 0. The maximum absolute atomic E-state index is 2.79. The van der Waals surface area contributed by atoms with Gasteiger partial charge in [-0.25, -0.2) is 0 Å². The molecule has 1 aliphatic carbocycles. The first-order valence-corrected chi connectivity index (χ1v) is 11.0. The van der Waals surface area contributed by atoms with E-state index < -0.39 is 8.24 Å². The third-order valence-corrected chi connectivity index (χ3v) is 5.79. The molecule has 0 bridgehead atoms. The van der Waals surface area contributed by atoms with Crippen molar-refractivity contribution >= 4 is 8.24 Å². The van der Waals surface area contributed by atoms with Gasteiger partial charge in [0.05, 0.1) is 0 Å². The highest BCUT2D eigenvalue weighted by atomic mass is 28.3. The van der Waals surface area contributed by atoms with Crippen molar-refractivity contribution in [1.82, 2.24) is 4.57 Å². The standard InChI is InChI=1S/C15H31NSi/c1-5-6-7-11-14-16(17(2,3)4)15-12-9-8-10-13-15/h12H,5-11,13-14H2,1-4H3. The minimum atomic E-state index is -1.17. The average Bonchev–Trinajstić information content (AvgIpc) is 2.28. The average molecular weight is 254 g/mol. The Balaban J connectivity index is 2.52. The topological polar surface area (TPSA) is 3.24 Å². The van der Waals surface area contributed by atoms with E-state index in [1.165, 1.54) is 57.9 Å². The van der Waals surface area contributed by atoms with Crippen LogP contribution in [0.3, 0.4) is 0 Å². The van der Waals surface area contributed by atoms with Crippen LogP contribution in [0.2, 0.25) is 19.6 Å². The first-order valence-electron chi connectivity index (χ1n) is 7.52. The summed E-state index contributed by atoms with van der Waals surface area (Å²) in [6.07, 6.45) is 13.5. The van der Waals surface area contributed by atoms with Gasteiger partial charge in [0.2, 0.25) is 0 Å². The van der Waals surface area contributed by atoms with Crippen molar-refractivity contribution in [2.75, 3.05) is 6.54 Å². The Hall–Kier alpha value is -0.243. The SMILES string of the molecule is CCCCCCN(C1=CCCCC1)[Si](C)(C)C. The Morgan fingerprint density at radius 3 is 2.41 bits per heavy atom. The van der Waals surface area contributed by atoms with Gasteiger partial charge in [0.15, 0.2) is 0 Å². The Morgan fingerprint density at radius 1 is 1.12 bits per heavy atom. The monoisotopic (exact) mass is 253 g/mol. The minimum absolute atomic E-state index is 1.17. The van der Waals surface area contributed by atoms with Crippen LogP contribution in [0.15, 0.2) is 11.8 Å². The highest BCUT2D eigenvalue weighted by molar-refractivity contribution is 6.73. The normalized spacial score (nSPS) is 16.8. The van der Waals surface area contributed by atoms with E-state index in [9.17, 15) is 0 Å². The highest BCUT2D eigenvalue weighted by Gasteiger charge is 2.25. The smallest absolute Gasteiger partial charge is 0.147 e. The summed E-state index contributed by atoms with van der Waals surface area (Å²) >= 11 is 0. The van der Waals surface area contributed by atoms with Gasteiger partial charge in [0, 0.05) is 12.2 Å². The molecule has 0 radical (unpaired) electrons. The molecule has 0 amide bonds. The summed E-state index contributed by atoms with van der Waals surface area (Å²) in [5, 5.41) is 0. The van der Waals surface area contributed by atoms with Crippen LogP contribution < -0.4 is 0 Å². The van der Waals surface area contributed by atoms with Gasteiger partial charge < -0.3 is 4.57 Å². The third-order valence-electron chi connectivity index (χ3n) is 3.66. The lowest BCUT2D eigenvalue weighted by atomic mass is 10.0. The zero-order valence-corrected chi connectivity index (χ0v) is 13.4. The molecule has 0 heterocycles. The Bertz CT molecular complexity index is 240. The van der Waals surface area contributed by atoms with Gasteiger partial charge in [-0.3, -0.25) is 0 Å². The molecule has 0 fully saturated rings. The van der Waals surface area contributed by atoms with E-state index in [-0.39, 0.29) is 0 Å². The summed E-state index contributed by atoms with van der Waals surface area (Å²) in [5.41, 5.74) is 1.67. The summed E-state index contributed by atoms with van der Waals surface area (Å²) in [5.74, 6) is 0. The van der Waals surface area contributed by atoms with Crippen LogP contribution in [0, 0.1) is 0 Å². The first-order chi connectivity index (χ1) is 8.05. The van der Waals surface area contributed by atoms with Crippen molar-refractivity contribution in [3.8, 4) is 0 Å². The number of hydrogen-bond acceptors (Lipinski definition) is 1. The van der Waals surface area contributed by atoms with Crippen molar-refractivity contribution in [3.63, 3.8) is 0 Å². The molecule has 0 aromatic carbocycles. The summed E-state index contributed by atoms with van der Waals surface area (Å²) in [6, 6.07) is 0. The van der Waals surface area contributed by atoms with Crippen LogP contribution >= 0.6 is 0 Å². The minimum Gasteiger partial charge on any atom is -0.401 e. The summed E-state index contributed by atoms with van der Waals surface area (Å²) in [7, 11) is -1.17. The van der Waals surface area contributed by atoms with E-state index in [1.54, 1.807) is 5.70 Å². The number of allylic oxidation sites excluding steroid dienone is 2. The van der Waals surface area contributed by atoms with E-state index in [2.05, 4.69) is 37.2 Å². The molecule has 1 aliphatic rings. The molecule has 1 rings (SSSR count). The van der Waals surface area contributed by atoms with Crippen LogP contribution in [0.25, 0.3) is 0 Å². The molecule has 0 N–H and O–H groups in total. The quantitative estimate of drug-likeness (QED) is 0.447. The molecule has 0 aromatic heterocycles. The van der Waals surface area contributed by atoms with Gasteiger partial charge in [-0.15, -0.1) is 0 Å². The molecule has 100 valence electrons. The van der Waals surface area contributed by atoms with Crippen LogP contribution in [0.4, 0.5) is 0 Å². The van der Waals surface area contributed by atoms with E-state index >= 15 is 0 Å². The van der Waals surface area contributed by atoms with Crippen LogP contribution in [-0.2, 0) is 0 Å². The third kappa shape index (κ3) is 5.28. The molecule has 2 heteroatoms. The molecular weight excluding hydrogens is 222 g/mol. The largest absolute Gasteiger partial charge is 0.401 e. The molecule has 0 saturated heterocycles. The Morgan fingerprint density at radius 2 is 1.88 bits per heavy atom. The molecule has 0 aliphatic heterocycles. The van der Waals surface area contributed by atoms with Crippen molar-refractivity contribution < 1.29 is 0 Å². The maximum atomic E-state index is 2.79. The van der Waals surface area contributed by atoms with Crippen molar-refractivity contribution in [1.29, 1.82) is 0 Å². The lowest BCUT2D eigenvalue weighted by Gasteiger charge is -2.39. The summed E-state index contributed by atoms with van der Waals surface area (Å²) < 4.78 is 2.79. The van der Waals surface area contributed by atoms with Crippen LogP contribution in [0.1, 0.15) is 58.3 Å². The zero-order valence-electron chi connectivity index (χ0n) is 12.4. The fourth-order valence-corrected chi connectivity index (χ4v) is 4.57. The van der Waals surface area contributed by atoms with Crippen molar-refractivity contribution in [3.05, 3.63) is 11.8 Å².